The summed E-state index contributed by atoms with van der Waals surface area (Å²) >= 11 is 1.45. The third kappa shape index (κ3) is 9.19. The molecular formula is C26H36N4O6S2. The minimum Gasteiger partial charge on any atom is -0.350 e. The molecule has 10 nitrogen and oxygen atoms in total. The number of hydrogen-bond donors (Lipinski definition) is 2. The summed E-state index contributed by atoms with van der Waals surface area (Å²) in [5.41, 5.74) is 5.33. The Balaban J connectivity index is 1.85. The van der Waals surface area contributed by atoms with Gasteiger partial charge in [0.25, 0.3) is 0 Å². The number of rotatable bonds is 13. The van der Waals surface area contributed by atoms with E-state index in [1.807, 2.05) is 19.2 Å². The van der Waals surface area contributed by atoms with Gasteiger partial charge in [0.1, 0.15) is 5.01 Å². The number of hydrazine groups is 1. The number of anilines is 1. The largest absolute Gasteiger partial charge is 0.350 e. The monoisotopic (exact) mass is 564 g/mol. The minimum absolute atomic E-state index is 0.0509. The number of nitrogens with one attached hydrogen (secondary N) is 2. The number of hydrogen-bond acceptors (Lipinski definition) is 8. The van der Waals surface area contributed by atoms with Gasteiger partial charge in [-0.15, -0.1) is 11.3 Å². The highest BCUT2D eigenvalue weighted by Crippen LogP contribution is 2.27. The SMILES string of the molecule is CC(C)C[C@@H](C(=O)NN(c1ccccc1)S(C)(=O)=O)[C@H](CC=Cc1nccs1)C(=O)NOC1CCCCO1. The van der Waals surface area contributed by atoms with Crippen molar-refractivity contribution in [3.8, 4) is 0 Å². The summed E-state index contributed by atoms with van der Waals surface area (Å²) in [4.78, 5) is 36.8. The molecule has 3 rings (SSSR count). The lowest BCUT2D eigenvalue weighted by atomic mass is 9.82. The van der Waals surface area contributed by atoms with Crippen LogP contribution in [-0.2, 0) is 29.2 Å². The summed E-state index contributed by atoms with van der Waals surface area (Å²) in [6.45, 7) is 4.44. The quantitative estimate of drug-likeness (QED) is 0.353. The third-order valence-corrected chi connectivity index (χ3v) is 7.66. The van der Waals surface area contributed by atoms with Crippen LogP contribution < -0.4 is 15.3 Å². The Morgan fingerprint density at radius 1 is 1.21 bits per heavy atom. The van der Waals surface area contributed by atoms with Crippen LogP contribution >= 0.6 is 11.3 Å². The average molecular weight is 565 g/mol. The van der Waals surface area contributed by atoms with Crippen molar-refractivity contribution in [2.75, 3.05) is 17.3 Å². The molecule has 1 aromatic heterocycles. The van der Waals surface area contributed by atoms with Crippen molar-refractivity contribution in [3.63, 3.8) is 0 Å². The Labute approximate surface area is 228 Å². The van der Waals surface area contributed by atoms with Gasteiger partial charge in [0.05, 0.1) is 23.8 Å². The van der Waals surface area contributed by atoms with Gasteiger partial charge in [-0.05, 0) is 49.8 Å². The Morgan fingerprint density at radius 2 is 1.97 bits per heavy atom. The van der Waals surface area contributed by atoms with Crippen LogP contribution in [0.15, 0.2) is 48.0 Å². The van der Waals surface area contributed by atoms with E-state index < -0.39 is 40.0 Å². The van der Waals surface area contributed by atoms with Crippen LogP contribution in [0.1, 0.15) is 51.0 Å². The molecule has 1 fully saturated rings. The van der Waals surface area contributed by atoms with Crippen molar-refractivity contribution in [1.29, 1.82) is 0 Å². The number of para-hydroxylation sites is 1. The number of thiazole rings is 1. The molecule has 2 heterocycles. The number of nitrogens with zero attached hydrogens (tertiary/aromatic N) is 2. The second-order valence-corrected chi connectivity index (χ2v) is 12.3. The zero-order valence-electron chi connectivity index (χ0n) is 21.9. The molecule has 2 aromatic rings. The Morgan fingerprint density at radius 3 is 2.58 bits per heavy atom. The van der Waals surface area contributed by atoms with E-state index in [2.05, 4.69) is 15.9 Å². The highest BCUT2D eigenvalue weighted by Gasteiger charge is 2.36. The molecule has 0 radical (unpaired) electrons. The number of benzene rings is 1. The number of sulfonamides is 1. The standard InChI is InChI=1S/C26H36N4O6S2/c1-19(2)18-22(25(31)28-30(38(3,33)34)20-10-5-4-6-11-20)21(12-9-13-23-27-15-17-37-23)26(32)29-36-24-14-7-8-16-35-24/h4-6,9-11,13,15,17,19,21-22,24H,7-8,12,14,16,18H2,1-3H3,(H,28,31)(H,29,32)/t21-,22+,24?/m0/s1. The summed E-state index contributed by atoms with van der Waals surface area (Å²) < 4.78 is 31.5. The molecule has 208 valence electrons. The molecule has 3 atom stereocenters. The molecule has 0 aliphatic carbocycles. The van der Waals surface area contributed by atoms with Gasteiger partial charge in [-0.3, -0.25) is 15.0 Å². The zero-order valence-corrected chi connectivity index (χ0v) is 23.5. The lowest BCUT2D eigenvalue weighted by molar-refractivity contribution is -0.203. The van der Waals surface area contributed by atoms with Gasteiger partial charge in [0, 0.05) is 24.6 Å². The second kappa shape index (κ2) is 14.4. The first kappa shape index (κ1) is 29.8. The molecule has 38 heavy (non-hydrogen) atoms. The Kier molecular flexibility index (Phi) is 11.3. The summed E-state index contributed by atoms with van der Waals surface area (Å²) in [5, 5.41) is 2.62. The van der Waals surface area contributed by atoms with Gasteiger partial charge in [0.15, 0.2) is 6.29 Å². The van der Waals surface area contributed by atoms with Crippen LogP contribution in [0.4, 0.5) is 5.69 Å². The maximum Gasteiger partial charge on any atom is 0.249 e. The molecule has 1 aliphatic heterocycles. The molecule has 1 aliphatic rings. The molecule has 0 saturated carbocycles. The number of carbonyl (C=O) groups excluding carboxylic acids is 2. The van der Waals surface area contributed by atoms with E-state index in [1.54, 1.807) is 48.7 Å². The first-order chi connectivity index (χ1) is 18.1. The number of amides is 2. The highest BCUT2D eigenvalue weighted by atomic mass is 32.2. The number of hydroxylamine groups is 1. The first-order valence-electron chi connectivity index (χ1n) is 12.6. The van der Waals surface area contributed by atoms with E-state index in [0.29, 0.717) is 19.4 Å². The van der Waals surface area contributed by atoms with Crippen molar-refractivity contribution >= 4 is 44.9 Å². The predicted octanol–water partition coefficient (Wildman–Crippen LogP) is 3.90. The van der Waals surface area contributed by atoms with Crippen LogP contribution in [0.3, 0.4) is 0 Å². The van der Waals surface area contributed by atoms with E-state index in [-0.39, 0.29) is 18.0 Å². The zero-order chi connectivity index (χ0) is 27.5. The van der Waals surface area contributed by atoms with E-state index in [9.17, 15) is 18.0 Å². The van der Waals surface area contributed by atoms with Gasteiger partial charge < -0.3 is 4.74 Å². The number of aromatic nitrogens is 1. The maximum atomic E-state index is 13.7. The smallest absolute Gasteiger partial charge is 0.249 e. The molecule has 0 bridgehead atoms. The highest BCUT2D eigenvalue weighted by molar-refractivity contribution is 7.92. The Bertz CT molecular complexity index is 1150. The van der Waals surface area contributed by atoms with Crippen molar-refractivity contribution in [2.45, 2.75) is 52.2 Å². The minimum atomic E-state index is -3.85. The number of ether oxygens (including phenoxy) is 1. The van der Waals surface area contributed by atoms with E-state index in [0.717, 1.165) is 28.5 Å². The second-order valence-electron chi connectivity index (χ2n) is 9.57. The Hall–Kier alpha value is -2.80. The average Bonchev–Trinajstić information content (AvgIpc) is 3.41. The molecule has 2 amide bonds. The molecule has 1 unspecified atom stereocenters. The van der Waals surface area contributed by atoms with Crippen molar-refractivity contribution in [2.24, 2.45) is 17.8 Å². The van der Waals surface area contributed by atoms with E-state index in [4.69, 9.17) is 9.57 Å². The van der Waals surface area contributed by atoms with Gasteiger partial charge in [-0.1, -0.05) is 38.1 Å². The summed E-state index contributed by atoms with van der Waals surface area (Å²) in [7, 11) is -3.85. The summed E-state index contributed by atoms with van der Waals surface area (Å²) in [5.74, 6) is -2.69. The van der Waals surface area contributed by atoms with Gasteiger partial charge in [-0.2, -0.15) is 4.41 Å². The van der Waals surface area contributed by atoms with E-state index in [1.165, 1.54) is 11.3 Å². The van der Waals surface area contributed by atoms with Crippen LogP contribution in [0, 0.1) is 17.8 Å². The van der Waals surface area contributed by atoms with E-state index >= 15 is 0 Å². The molecule has 1 saturated heterocycles. The third-order valence-electron chi connectivity index (χ3n) is 5.95. The van der Waals surface area contributed by atoms with Gasteiger partial charge in [0.2, 0.25) is 21.8 Å². The first-order valence-corrected chi connectivity index (χ1v) is 15.4. The molecule has 12 heteroatoms. The summed E-state index contributed by atoms with van der Waals surface area (Å²) in [6, 6.07) is 8.26. The van der Waals surface area contributed by atoms with Crippen molar-refractivity contribution < 1.29 is 27.6 Å². The number of carbonyl (C=O) groups is 2. The molecule has 1 aromatic carbocycles. The van der Waals surface area contributed by atoms with Crippen molar-refractivity contribution in [1.82, 2.24) is 15.9 Å². The fourth-order valence-corrected chi connectivity index (χ4v) is 5.46. The van der Waals surface area contributed by atoms with Gasteiger partial charge in [-0.25, -0.2) is 23.7 Å². The van der Waals surface area contributed by atoms with Crippen LogP contribution in [0.25, 0.3) is 6.08 Å². The maximum absolute atomic E-state index is 13.7. The lowest BCUT2D eigenvalue weighted by Crippen LogP contribution is -2.51. The lowest BCUT2D eigenvalue weighted by Gasteiger charge is -2.30. The molecule has 2 N–H and O–H groups in total. The number of allylic oxidation sites excluding steroid dienone is 1. The van der Waals surface area contributed by atoms with Gasteiger partial charge >= 0.3 is 0 Å². The molecular weight excluding hydrogens is 528 g/mol. The predicted molar refractivity (Wildman–Crippen MR) is 147 cm³/mol. The normalized spacial score (nSPS) is 17.7. The summed E-state index contributed by atoms with van der Waals surface area (Å²) in [6.07, 6.45) is 8.84. The fraction of sp³-hybridized carbons (Fsp3) is 0.500. The van der Waals surface area contributed by atoms with Crippen molar-refractivity contribution in [3.05, 3.63) is 53.0 Å². The fourth-order valence-electron chi connectivity index (χ4n) is 4.14. The van der Waals surface area contributed by atoms with Crippen LogP contribution in [0.2, 0.25) is 0 Å². The van der Waals surface area contributed by atoms with Crippen LogP contribution in [-0.4, -0.2) is 44.4 Å². The molecule has 0 spiro atoms. The van der Waals surface area contributed by atoms with Crippen LogP contribution in [0.5, 0.6) is 0 Å². The topological polar surface area (TPSA) is 127 Å².